The van der Waals surface area contributed by atoms with E-state index in [1.807, 2.05) is 13.0 Å². The number of carbonyl (C=O) groups is 1. The average molecular weight is 346 g/mol. The highest BCUT2D eigenvalue weighted by Gasteiger charge is 2.17. The number of anilines is 1. The van der Waals surface area contributed by atoms with Crippen LogP contribution in [0.15, 0.2) is 47.4 Å². The van der Waals surface area contributed by atoms with E-state index in [1.165, 1.54) is 4.90 Å². The van der Waals surface area contributed by atoms with E-state index in [1.54, 1.807) is 57.4 Å². The first kappa shape index (κ1) is 18.0. The van der Waals surface area contributed by atoms with Crippen LogP contribution in [0, 0.1) is 13.8 Å². The normalized spacial score (nSPS) is 11.2. The fraction of sp³-hybridized carbons (Fsp3) is 0.278. The first-order chi connectivity index (χ1) is 11.2. The smallest absolute Gasteiger partial charge is 0.262 e. The van der Waals surface area contributed by atoms with Crippen LogP contribution in [0.4, 0.5) is 5.69 Å². The van der Waals surface area contributed by atoms with Crippen molar-refractivity contribution in [3.8, 4) is 0 Å². The zero-order valence-corrected chi connectivity index (χ0v) is 15.1. The summed E-state index contributed by atoms with van der Waals surface area (Å²) >= 11 is 0. The van der Waals surface area contributed by atoms with Gasteiger partial charge in [0.25, 0.3) is 10.0 Å². The summed E-state index contributed by atoms with van der Waals surface area (Å²) in [5.74, 6) is -0.00129. The SMILES string of the molecule is Cc1ccc(S(=O)(=O)Nc2ccc(CC(=O)N(C)C)cc2)c(C)c1. The van der Waals surface area contributed by atoms with E-state index in [2.05, 4.69) is 4.72 Å². The monoisotopic (exact) mass is 346 g/mol. The molecular weight excluding hydrogens is 324 g/mol. The molecule has 6 heteroatoms. The highest BCUT2D eigenvalue weighted by molar-refractivity contribution is 7.92. The Bertz CT molecular complexity index is 841. The van der Waals surface area contributed by atoms with E-state index in [-0.39, 0.29) is 17.2 Å². The van der Waals surface area contributed by atoms with Crippen molar-refractivity contribution in [1.29, 1.82) is 0 Å². The van der Waals surface area contributed by atoms with Crippen LogP contribution < -0.4 is 4.72 Å². The third-order valence-corrected chi connectivity index (χ3v) is 5.22. The van der Waals surface area contributed by atoms with Crippen LogP contribution in [0.2, 0.25) is 0 Å². The summed E-state index contributed by atoms with van der Waals surface area (Å²) in [6.07, 6.45) is 0.289. The van der Waals surface area contributed by atoms with Gasteiger partial charge in [0.2, 0.25) is 5.91 Å². The predicted octanol–water partition coefficient (Wildman–Crippen LogP) is 2.73. The Hall–Kier alpha value is -2.34. The molecule has 2 aromatic rings. The quantitative estimate of drug-likeness (QED) is 0.905. The molecule has 0 aliphatic carbocycles. The van der Waals surface area contributed by atoms with E-state index in [4.69, 9.17) is 0 Å². The zero-order valence-electron chi connectivity index (χ0n) is 14.3. The minimum absolute atomic E-state index is 0.00129. The first-order valence-electron chi connectivity index (χ1n) is 7.58. The lowest BCUT2D eigenvalue weighted by Gasteiger charge is -2.12. The second-order valence-electron chi connectivity index (χ2n) is 6.04. The van der Waals surface area contributed by atoms with Crippen LogP contribution in [0.3, 0.4) is 0 Å². The van der Waals surface area contributed by atoms with Gasteiger partial charge < -0.3 is 4.90 Å². The molecule has 2 aromatic carbocycles. The molecule has 24 heavy (non-hydrogen) atoms. The molecular formula is C18H22N2O3S. The molecule has 1 amide bonds. The van der Waals surface area contributed by atoms with Crippen molar-refractivity contribution >= 4 is 21.6 Å². The lowest BCUT2D eigenvalue weighted by molar-refractivity contribution is -0.127. The number of aryl methyl sites for hydroxylation is 2. The average Bonchev–Trinajstić information content (AvgIpc) is 2.48. The summed E-state index contributed by atoms with van der Waals surface area (Å²) in [5, 5.41) is 0. The van der Waals surface area contributed by atoms with Crippen molar-refractivity contribution in [3.05, 3.63) is 59.2 Å². The summed E-state index contributed by atoms with van der Waals surface area (Å²) in [5.41, 5.74) is 3.02. The summed E-state index contributed by atoms with van der Waals surface area (Å²) in [6.45, 7) is 3.70. The van der Waals surface area contributed by atoms with Crippen LogP contribution in [0.25, 0.3) is 0 Å². The number of hydrogen-bond acceptors (Lipinski definition) is 3. The van der Waals surface area contributed by atoms with Crippen LogP contribution in [0.1, 0.15) is 16.7 Å². The molecule has 0 spiro atoms. The Morgan fingerprint density at radius 1 is 1.04 bits per heavy atom. The number of nitrogens with zero attached hydrogens (tertiary/aromatic N) is 1. The molecule has 0 unspecified atom stereocenters. The van der Waals surface area contributed by atoms with E-state index in [0.717, 1.165) is 11.1 Å². The van der Waals surface area contributed by atoms with Gasteiger partial charge in [-0.15, -0.1) is 0 Å². The maximum absolute atomic E-state index is 12.5. The number of nitrogens with one attached hydrogen (secondary N) is 1. The molecule has 0 fully saturated rings. The number of sulfonamides is 1. The summed E-state index contributed by atoms with van der Waals surface area (Å²) in [7, 11) is -0.229. The maximum Gasteiger partial charge on any atom is 0.262 e. The van der Waals surface area contributed by atoms with Gasteiger partial charge in [0, 0.05) is 19.8 Å². The number of likely N-dealkylation sites (N-methyl/N-ethyl adjacent to an activating group) is 1. The first-order valence-corrected chi connectivity index (χ1v) is 9.06. The van der Waals surface area contributed by atoms with Gasteiger partial charge >= 0.3 is 0 Å². The predicted molar refractivity (Wildman–Crippen MR) is 95.6 cm³/mol. The molecule has 128 valence electrons. The van der Waals surface area contributed by atoms with Crippen molar-refractivity contribution in [2.45, 2.75) is 25.2 Å². The summed E-state index contributed by atoms with van der Waals surface area (Å²) < 4.78 is 27.6. The van der Waals surface area contributed by atoms with Crippen molar-refractivity contribution < 1.29 is 13.2 Å². The number of carbonyl (C=O) groups excluding carboxylic acids is 1. The Kier molecular flexibility index (Phi) is 5.29. The van der Waals surface area contributed by atoms with Gasteiger partial charge in [-0.05, 0) is 43.2 Å². The Labute approximate surface area is 143 Å². The molecule has 0 aromatic heterocycles. The van der Waals surface area contributed by atoms with Crippen LogP contribution in [0.5, 0.6) is 0 Å². The van der Waals surface area contributed by atoms with Gasteiger partial charge in [0.1, 0.15) is 0 Å². The summed E-state index contributed by atoms with van der Waals surface area (Å²) in [6, 6.07) is 12.1. The highest BCUT2D eigenvalue weighted by atomic mass is 32.2. The second-order valence-corrected chi connectivity index (χ2v) is 7.69. The largest absolute Gasteiger partial charge is 0.349 e. The fourth-order valence-corrected chi connectivity index (χ4v) is 3.62. The van der Waals surface area contributed by atoms with E-state index in [9.17, 15) is 13.2 Å². The molecule has 1 N–H and O–H groups in total. The van der Waals surface area contributed by atoms with E-state index >= 15 is 0 Å². The number of rotatable bonds is 5. The lowest BCUT2D eigenvalue weighted by Crippen LogP contribution is -2.23. The number of hydrogen-bond donors (Lipinski definition) is 1. The van der Waals surface area contributed by atoms with Gasteiger partial charge in [-0.3, -0.25) is 9.52 Å². The second kappa shape index (κ2) is 7.05. The maximum atomic E-state index is 12.5. The van der Waals surface area contributed by atoms with Gasteiger partial charge in [0.15, 0.2) is 0 Å². The van der Waals surface area contributed by atoms with Crippen molar-refractivity contribution in [2.75, 3.05) is 18.8 Å². The molecule has 0 aliphatic rings. The zero-order chi connectivity index (χ0) is 17.9. The van der Waals surface area contributed by atoms with Crippen molar-refractivity contribution in [2.24, 2.45) is 0 Å². The van der Waals surface area contributed by atoms with Gasteiger partial charge in [0.05, 0.1) is 11.3 Å². The minimum atomic E-state index is -3.64. The minimum Gasteiger partial charge on any atom is -0.349 e. The van der Waals surface area contributed by atoms with E-state index in [0.29, 0.717) is 11.3 Å². The molecule has 0 atom stereocenters. The Morgan fingerprint density at radius 2 is 1.67 bits per heavy atom. The van der Waals surface area contributed by atoms with Gasteiger partial charge in [-0.25, -0.2) is 8.42 Å². The van der Waals surface area contributed by atoms with E-state index < -0.39 is 10.0 Å². The Balaban J connectivity index is 2.17. The third-order valence-electron chi connectivity index (χ3n) is 3.68. The standard InChI is InChI=1S/C18H22N2O3S/c1-13-5-10-17(14(2)11-13)24(22,23)19-16-8-6-15(7-9-16)12-18(21)20(3)4/h5-11,19H,12H2,1-4H3. The molecule has 0 aliphatic heterocycles. The topological polar surface area (TPSA) is 66.5 Å². The molecule has 0 heterocycles. The fourth-order valence-electron chi connectivity index (χ4n) is 2.33. The van der Waals surface area contributed by atoms with Crippen molar-refractivity contribution in [3.63, 3.8) is 0 Å². The van der Waals surface area contributed by atoms with Crippen LogP contribution in [-0.4, -0.2) is 33.3 Å². The molecule has 5 nitrogen and oxygen atoms in total. The van der Waals surface area contributed by atoms with Gasteiger partial charge in [-0.2, -0.15) is 0 Å². The molecule has 0 saturated carbocycles. The lowest BCUT2D eigenvalue weighted by atomic mass is 10.1. The third kappa shape index (κ3) is 4.35. The van der Waals surface area contributed by atoms with Crippen LogP contribution >= 0.6 is 0 Å². The molecule has 2 rings (SSSR count). The highest BCUT2D eigenvalue weighted by Crippen LogP contribution is 2.20. The molecule has 0 saturated heterocycles. The summed E-state index contributed by atoms with van der Waals surface area (Å²) in [4.78, 5) is 13.5. The molecule has 0 bridgehead atoms. The molecule has 0 radical (unpaired) electrons. The van der Waals surface area contributed by atoms with Crippen LogP contribution in [-0.2, 0) is 21.2 Å². The van der Waals surface area contributed by atoms with Gasteiger partial charge in [-0.1, -0.05) is 29.8 Å². The Morgan fingerprint density at radius 3 is 2.21 bits per heavy atom. The van der Waals surface area contributed by atoms with Crippen molar-refractivity contribution in [1.82, 2.24) is 4.90 Å². The number of benzene rings is 2. The number of amides is 1.